The largest absolute Gasteiger partial charge is 0.496 e. The van der Waals surface area contributed by atoms with Crippen molar-refractivity contribution in [1.29, 1.82) is 0 Å². The summed E-state index contributed by atoms with van der Waals surface area (Å²) in [4.78, 5) is 12.6. The molecule has 0 aromatic heterocycles. The van der Waals surface area contributed by atoms with Gasteiger partial charge in [0.05, 0.1) is 13.0 Å². The zero-order valence-electron chi connectivity index (χ0n) is 14.3. The fourth-order valence-corrected chi connectivity index (χ4v) is 4.04. The Morgan fingerprint density at radius 3 is 2.64 bits per heavy atom. The number of carbonyl (C=O) groups is 1. The van der Waals surface area contributed by atoms with E-state index in [-0.39, 0.29) is 11.3 Å². The zero-order valence-corrected chi connectivity index (χ0v) is 14.3. The van der Waals surface area contributed by atoms with Gasteiger partial charge in [0.25, 0.3) is 0 Å². The van der Waals surface area contributed by atoms with Gasteiger partial charge in [-0.05, 0) is 52.5 Å². The minimum Gasteiger partial charge on any atom is -0.496 e. The van der Waals surface area contributed by atoms with E-state index in [2.05, 4.69) is 52.0 Å². The van der Waals surface area contributed by atoms with Crippen molar-refractivity contribution in [1.82, 2.24) is 0 Å². The minimum atomic E-state index is -0.00105. The molecule has 2 atom stereocenters. The number of ether oxygens (including phenoxy) is 1. The maximum atomic E-state index is 12.6. The highest BCUT2D eigenvalue weighted by Gasteiger charge is 2.44. The lowest BCUT2D eigenvalue weighted by atomic mass is 9.59. The number of ketones is 1. The summed E-state index contributed by atoms with van der Waals surface area (Å²) in [7, 11) is 1.72. The molecule has 3 rings (SSSR count). The molecule has 0 saturated heterocycles. The maximum Gasteiger partial charge on any atom is 0.140 e. The zero-order chi connectivity index (χ0) is 16.1. The third kappa shape index (κ3) is 2.29. The molecule has 2 aliphatic rings. The van der Waals surface area contributed by atoms with Crippen LogP contribution >= 0.6 is 0 Å². The van der Waals surface area contributed by atoms with Crippen LogP contribution in [0.3, 0.4) is 0 Å². The lowest BCUT2D eigenvalue weighted by molar-refractivity contribution is -0.125. The molecule has 1 saturated carbocycles. The predicted molar refractivity (Wildman–Crippen MR) is 90.4 cm³/mol. The van der Waals surface area contributed by atoms with Crippen LogP contribution in [0.2, 0.25) is 0 Å². The Kier molecular flexibility index (Phi) is 3.66. The van der Waals surface area contributed by atoms with E-state index in [4.69, 9.17) is 4.74 Å². The molecule has 2 heteroatoms. The van der Waals surface area contributed by atoms with Crippen molar-refractivity contribution in [3.63, 3.8) is 0 Å². The van der Waals surface area contributed by atoms with E-state index in [0.717, 1.165) is 17.7 Å². The van der Waals surface area contributed by atoms with Crippen molar-refractivity contribution in [3.8, 4) is 5.75 Å². The first kappa shape index (κ1) is 15.3. The molecule has 118 valence electrons. The summed E-state index contributed by atoms with van der Waals surface area (Å²) in [6.45, 7) is 8.92. The number of rotatable bonds is 2. The van der Waals surface area contributed by atoms with Gasteiger partial charge in [0, 0.05) is 6.42 Å². The van der Waals surface area contributed by atoms with Gasteiger partial charge >= 0.3 is 0 Å². The SMILES string of the molecule is COc1cc2c(cc1C(C)C)C=C[C@H]1[C@@H]2C(=O)CCC1(C)C. The molecule has 0 radical (unpaired) electrons. The summed E-state index contributed by atoms with van der Waals surface area (Å²) in [5.41, 5.74) is 3.74. The fourth-order valence-electron chi connectivity index (χ4n) is 4.04. The summed E-state index contributed by atoms with van der Waals surface area (Å²) < 4.78 is 5.60. The monoisotopic (exact) mass is 298 g/mol. The van der Waals surface area contributed by atoms with E-state index < -0.39 is 0 Å². The maximum absolute atomic E-state index is 12.6. The third-order valence-electron chi connectivity index (χ3n) is 5.50. The van der Waals surface area contributed by atoms with Gasteiger partial charge in [0.15, 0.2) is 0 Å². The third-order valence-corrected chi connectivity index (χ3v) is 5.50. The van der Waals surface area contributed by atoms with Gasteiger partial charge < -0.3 is 4.74 Å². The normalized spacial score (nSPS) is 25.8. The van der Waals surface area contributed by atoms with Crippen molar-refractivity contribution in [2.24, 2.45) is 11.3 Å². The number of methoxy groups -OCH3 is 1. The highest BCUT2D eigenvalue weighted by atomic mass is 16.5. The van der Waals surface area contributed by atoms with Gasteiger partial charge in [-0.3, -0.25) is 4.79 Å². The van der Waals surface area contributed by atoms with Gasteiger partial charge in [-0.1, -0.05) is 39.8 Å². The summed E-state index contributed by atoms with van der Waals surface area (Å²) in [6, 6.07) is 4.32. The molecule has 1 aromatic carbocycles. The summed E-state index contributed by atoms with van der Waals surface area (Å²) in [5, 5.41) is 0. The molecule has 0 spiro atoms. The first-order valence-corrected chi connectivity index (χ1v) is 8.28. The van der Waals surface area contributed by atoms with Crippen molar-refractivity contribution < 1.29 is 9.53 Å². The molecular formula is C20H26O2. The van der Waals surface area contributed by atoms with Crippen LogP contribution in [0.4, 0.5) is 0 Å². The van der Waals surface area contributed by atoms with Crippen LogP contribution in [0, 0.1) is 11.3 Å². The van der Waals surface area contributed by atoms with Crippen LogP contribution in [-0.4, -0.2) is 12.9 Å². The Balaban J connectivity index is 2.15. The number of carbonyl (C=O) groups excluding carboxylic acids is 1. The van der Waals surface area contributed by atoms with Crippen LogP contribution in [-0.2, 0) is 4.79 Å². The summed E-state index contributed by atoms with van der Waals surface area (Å²) in [5.74, 6) is 2.01. The second-order valence-electron chi connectivity index (χ2n) is 7.70. The van der Waals surface area contributed by atoms with Crippen molar-refractivity contribution in [2.75, 3.05) is 7.11 Å². The average Bonchev–Trinajstić information content (AvgIpc) is 2.49. The van der Waals surface area contributed by atoms with Crippen LogP contribution < -0.4 is 4.74 Å². The summed E-state index contributed by atoms with van der Waals surface area (Å²) in [6.07, 6.45) is 6.15. The second kappa shape index (κ2) is 5.26. The Bertz CT molecular complexity index is 637. The Labute approximate surface area is 133 Å². The molecule has 0 unspecified atom stereocenters. The number of Topliss-reactive ketones (excluding diaryl/α,β-unsaturated/α-hetero) is 1. The molecular weight excluding hydrogens is 272 g/mol. The molecule has 0 aliphatic heterocycles. The number of hydrogen-bond acceptors (Lipinski definition) is 2. The standard InChI is InChI=1S/C20H26O2/c1-12(2)14-10-13-6-7-16-19(15(13)11-18(14)22-5)17(21)8-9-20(16,3)4/h6-7,10-12,16,19H,8-9H2,1-5H3/t16-,19+/m0/s1. The number of allylic oxidation sites excluding steroid dienone is 1. The Morgan fingerprint density at radius 1 is 1.27 bits per heavy atom. The average molecular weight is 298 g/mol. The van der Waals surface area contributed by atoms with E-state index in [9.17, 15) is 4.79 Å². The molecule has 1 aromatic rings. The first-order chi connectivity index (χ1) is 10.3. The molecule has 0 heterocycles. The van der Waals surface area contributed by atoms with E-state index >= 15 is 0 Å². The molecule has 1 fully saturated rings. The first-order valence-electron chi connectivity index (χ1n) is 8.28. The van der Waals surface area contributed by atoms with Crippen LogP contribution in [0.25, 0.3) is 6.08 Å². The Hall–Kier alpha value is -1.57. The number of benzene rings is 1. The molecule has 2 nitrogen and oxygen atoms in total. The molecule has 0 N–H and O–H groups in total. The number of hydrogen-bond donors (Lipinski definition) is 0. The highest BCUT2D eigenvalue weighted by molar-refractivity contribution is 5.90. The minimum absolute atomic E-state index is 0.00105. The molecule has 22 heavy (non-hydrogen) atoms. The van der Waals surface area contributed by atoms with Crippen LogP contribution in [0.5, 0.6) is 5.75 Å². The van der Waals surface area contributed by atoms with Gasteiger partial charge in [-0.2, -0.15) is 0 Å². The van der Waals surface area contributed by atoms with Crippen molar-refractivity contribution >= 4 is 11.9 Å². The van der Waals surface area contributed by atoms with Gasteiger partial charge in [0.1, 0.15) is 11.5 Å². The van der Waals surface area contributed by atoms with Crippen molar-refractivity contribution in [2.45, 2.75) is 52.4 Å². The lowest BCUT2D eigenvalue weighted by Crippen LogP contribution is -2.39. The van der Waals surface area contributed by atoms with Gasteiger partial charge in [-0.15, -0.1) is 0 Å². The fraction of sp³-hybridized carbons (Fsp3) is 0.550. The summed E-state index contributed by atoms with van der Waals surface area (Å²) >= 11 is 0. The van der Waals surface area contributed by atoms with Gasteiger partial charge in [0.2, 0.25) is 0 Å². The van der Waals surface area contributed by atoms with E-state index in [1.54, 1.807) is 7.11 Å². The quantitative estimate of drug-likeness (QED) is 0.773. The van der Waals surface area contributed by atoms with Crippen LogP contribution in [0.15, 0.2) is 18.2 Å². The smallest absolute Gasteiger partial charge is 0.140 e. The number of fused-ring (bicyclic) bond motifs is 3. The van der Waals surface area contributed by atoms with E-state index in [1.807, 2.05) is 0 Å². The topological polar surface area (TPSA) is 26.3 Å². The molecule has 2 aliphatic carbocycles. The van der Waals surface area contributed by atoms with Crippen molar-refractivity contribution in [3.05, 3.63) is 34.9 Å². The predicted octanol–water partition coefficient (Wildman–Crippen LogP) is 4.93. The Morgan fingerprint density at radius 2 is 2.00 bits per heavy atom. The molecule has 0 bridgehead atoms. The van der Waals surface area contributed by atoms with E-state index in [1.165, 1.54) is 11.1 Å². The lowest BCUT2D eigenvalue weighted by Gasteiger charge is -2.44. The highest BCUT2D eigenvalue weighted by Crippen LogP contribution is 2.51. The van der Waals surface area contributed by atoms with Crippen LogP contribution in [0.1, 0.15) is 69.1 Å². The molecule has 0 amide bonds. The second-order valence-corrected chi connectivity index (χ2v) is 7.70. The van der Waals surface area contributed by atoms with Gasteiger partial charge in [-0.25, -0.2) is 0 Å². The van der Waals surface area contributed by atoms with E-state index in [0.29, 0.717) is 24.0 Å².